The highest BCUT2D eigenvalue weighted by Crippen LogP contribution is 2.44. The molecule has 2 atom stereocenters. The first-order valence-corrected chi connectivity index (χ1v) is 13.2. The molecule has 2 aliphatic carbocycles. The molecule has 5 nitrogen and oxygen atoms in total. The smallest absolute Gasteiger partial charge is 0.136 e. The van der Waals surface area contributed by atoms with Crippen molar-refractivity contribution in [2.75, 3.05) is 0 Å². The van der Waals surface area contributed by atoms with Crippen LogP contribution in [-0.4, -0.2) is 25.6 Å². The van der Waals surface area contributed by atoms with Crippen LogP contribution in [0.15, 0.2) is 60.6 Å². The van der Waals surface area contributed by atoms with Gasteiger partial charge in [0.05, 0.1) is 23.0 Å². The van der Waals surface area contributed by atoms with Crippen LogP contribution in [0, 0.1) is 11.6 Å². The molecular formula is C30H30F3N5. The van der Waals surface area contributed by atoms with Gasteiger partial charge in [-0.3, -0.25) is 4.98 Å². The number of hydrogen-bond donors (Lipinski definition) is 1. The van der Waals surface area contributed by atoms with Crippen molar-refractivity contribution in [1.29, 1.82) is 0 Å². The molecule has 6 rings (SSSR count). The minimum absolute atomic E-state index is 0.0170. The predicted octanol–water partition coefficient (Wildman–Crippen LogP) is 6.55. The quantitative estimate of drug-likeness (QED) is 0.305. The topological polar surface area (TPSA) is 69.1 Å². The van der Waals surface area contributed by atoms with Gasteiger partial charge >= 0.3 is 0 Å². The Morgan fingerprint density at radius 2 is 1.84 bits per heavy atom. The Morgan fingerprint density at radius 1 is 1.08 bits per heavy atom. The summed E-state index contributed by atoms with van der Waals surface area (Å²) >= 11 is 0. The van der Waals surface area contributed by atoms with Gasteiger partial charge in [-0.15, -0.1) is 0 Å². The molecular weight excluding hydrogens is 487 g/mol. The minimum Gasteiger partial charge on any atom is -0.324 e. The average molecular weight is 518 g/mol. The van der Waals surface area contributed by atoms with Gasteiger partial charge in [0.15, 0.2) is 0 Å². The van der Waals surface area contributed by atoms with Crippen molar-refractivity contribution in [2.45, 2.75) is 69.5 Å². The predicted molar refractivity (Wildman–Crippen MR) is 140 cm³/mol. The third-order valence-corrected chi connectivity index (χ3v) is 8.02. The summed E-state index contributed by atoms with van der Waals surface area (Å²) < 4.78 is 47.3. The molecule has 38 heavy (non-hydrogen) atoms. The number of rotatable bonds is 5. The summed E-state index contributed by atoms with van der Waals surface area (Å²) in [7, 11) is 0. The van der Waals surface area contributed by atoms with Crippen molar-refractivity contribution in [2.24, 2.45) is 5.73 Å². The van der Waals surface area contributed by atoms with Gasteiger partial charge in [0.1, 0.15) is 23.1 Å². The number of benzene rings is 1. The molecule has 196 valence electrons. The zero-order valence-electron chi connectivity index (χ0n) is 21.3. The molecule has 3 aromatic heterocycles. The van der Waals surface area contributed by atoms with Crippen LogP contribution in [0.1, 0.15) is 73.9 Å². The van der Waals surface area contributed by atoms with Gasteiger partial charge in [-0.2, -0.15) is 5.10 Å². The van der Waals surface area contributed by atoms with Crippen molar-refractivity contribution in [1.82, 2.24) is 19.6 Å². The Labute approximate surface area is 219 Å². The molecule has 0 bridgehead atoms. The van der Waals surface area contributed by atoms with E-state index >= 15 is 13.2 Å². The van der Waals surface area contributed by atoms with Crippen LogP contribution in [-0.2, 0) is 12.1 Å². The summed E-state index contributed by atoms with van der Waals surface area (Å²) in [5.74, 6) is -0.717. The SMILES string of the molecule is CC1=C[C@H](N)C[C@H](c2ccncc2Cc2ncc3ccc(-c4c(F)cc(C5(F)CCCC5)cc4F)nn23)C1. The molecule has 1 aromatic carbocycles. The van der Waals surface area contributed by atoms with E-state index in [0.717, 1.165) is 30.5 Å². The average Bonchev–Trinajstić information content (AvgIpc) is 3.50. The molecule has 0 amide bonds. The van der Waals surface area contributed by atoms with Gasteiger partial charge in [-0.05, 0) is 98.4 Å². The van der Waals surface area contributed by atoms with E-state index in [2.05, 4.69) is 28.1 Å². The second kappa shape index (κ2) is 9.66. The van der Waals surface area contributed by atoms with Crippen LogP contribution >= 0.6 is 0 Å². The number of pyridine rings is 1. The van der Waals surface area contributed by atoms with Crippen molar-refractivity contribution in [3.63, 3.8) is 0 Å². The van der Waals surface area contributed by atoms with Crippen LogP contribution in [0.2, 0.25) is 0 Å². The Bertz CT molecular complexity index is 1510. The maximum atomic E-state index is 15.2. The molecule has 3 heterocycles. The molecule has 2 N–H and O–H groups in total. The van der Waals surface area contributed by atoms with E-state index in [1.807, 2.05) is 12.3 Å². The molecule has 8 heteroatoms. The number of imidazole rings is 1. The van der Waals surface area contributed by atoms with Crippen LogP contribution in [0.25, 0.3) is 16.8 Å². The largest absolute Gasteiger partial charge is 0.324 e. The van der Waals surface area contributed by atoms with Crippen molar-refractivity contribution in [3.8, 4) is 11.3 Å². The molecule has 1 fully saturated rings. The zero-order chi connectivity index (χ0) is 26.4. The lowest BCUT2D eigenvalue weighted by Crippen LogP contribution is -2.25. The fourth-order valence-corrected chi connectivity index (χ4v) is 6.18. The molecule has 4 aromatic rings. The number of allylic oxidation sites excluding steroid dienone is 1. The Morgan fingerprint density at radius 3 is 2.58 bits per heavy atom. The van der Waals surface area contributed by atoms with E-state index in [4.69, 9.17) is 5.73 Å². The van der Waals surface area contributed by atoms with E-state index < -0.39 is 17.3 Å². The van der Waals surface area contributed by atoms with E-state index in [9.17, 15) is 0 Å². The van der Waals surface area contributed by atoms with Crippen LogP contribution in [0.4, 0.5) is 13.2 Å². The first kappa shape index (κ1) is 24.8. The normalized spacial score (nSPS) is 21.1. The summed E-state index contributed by atoms with van der Waals surface area (Å²) in [6.07, 6.45) is 11.7. The molecule has 0 aliphatic heterocycles. The first-order chi connectivity index (χ1) is 18.3. The molecule has 2 aliphatic rings. The van der Waals surface area contributed by atoms with Gasteiger partial charge in [0, 0.05) is 24.9 Å². The second-order valence-corrected chi connectivity index (χ2v) is 10.8. The number of nitrogens with zero attached hydrogens (tertiary/aromatic N) is 4. The molecule has 0 radical (unpaired) electrons. The van der Waals surface area contributed by atoms with Gasteiger partial charge in [0.25, 0.3) is 0 Å². The molecule has 0 unspecified atom stereocenters. The first-order valence-electron chi connectivity index (χ1n) is 13.2. The standard InChI is InChI=1S/C30H30F3N5/c1-18-10-19(12-22(34)11-18)24-6-9-35-16-20(24)13-28-36-17-23-4-5-27(37-38(23)28)29-25(31)14-21(15-26(29)32)30(33)7-2-3-8-30/h4-6,9,11,14-17,19,22H,2-3,7-8,10,12-13,34H2,1H3/t19-,22+/m1/s1. The van der Waals surface area contributed by atoms with E-state index in [1.165, 1.54) is 11.1 Å². The lowest BCUT2D eigenvalue weighted by atomic mass is 9.80. The molecule has 1 saturated carbocycles. The molecule has 0 spiro atoms. The van der Waals surface area contributed by atoms with Gasteiger partial charge < -0.3 is 5.73 Å². The summed E-state index contributed by atoms with van der Waals surface area (Å²) in [4.78, 5) is 8.90. The maximum Gasteiger partial charge on any atom is 0.136 e. The van der Waals surface area contributed by atoms with Crippen LogP contribution < -0.4 is 5.73 Å². The Hall–Kier alpha value is -3.52. The van der Waals surface area contributed by atoms with E-state index in [-0.39, 0.29) is 41.6 Å². The van der Waals surface area contributed by atoms with Crippen LogP contribution in [0.5, 0.6) is 0 Å². The van der Waals surface area contributed by atoms with E-state index in [1.54, 1.807) is 29.0 Å². The van der Waals surface area contributed by atoms with Crippen molar-refractivity contribution < 1.29 is 13.2 Å². The van der Waals surface area contributed by atoms with Gasteiger partial charge in [-0.25, -0.2) is 22.7 Å². The number of halogens is 3. The fraction of sp³-hybridized carbons (Fsp3) is 0.367. The fourth-order valence-electron chi connectivity index (χ4n) is 6.18. The number of nitrogens with two attached hydrogens (primary N) is 1. The van der Waals surface area contributed by atoms with Gasteiger partial charge in [0.2, 0.25) is 0 Å². The highest BCUT2D eigenvalue weighted by Gasteiger charge is 2.37. The summed E-state index contributed by atoms with van der Waals surface area (Å²) in [5.41, 5.74) is 8.69. The molecule has 0 saturated heterocycles. The van der Waals surface area contributed by atoms with E-state index in [0.29, 0.717) is 30.6 Å². The third kappa shape index (κ3) is 4.51. The summed E-state index contributed by atoms with van der Waals surface area (Å²) in [6.45, 7) is 2.10. The number of alkyl halides is 1. The minimum atomic E-state index is -1.67. The maximum absolute atomic E-state index is 15.2. The number of aromatic nitrogens is 4. The van der Waals surface area contributed by atoms with Crippen molar-refractivity contribution in [3.05, 3.63) is 94.7 Å². The lowest BCUT2D eigenvalue weighted by Gasteiger charge is -2.27. The summed E-state index contributed by atoms with van der Waals surface area (Å²) in [5, 5.41) is 4.56. The number of hydrogen-bond acceptors (Lipinski definition) is 4. The highest BCUT2D eigenvalue weighted by atomic mass is 19.1. The zero-order valence-corrected chi connectivity index (χ0v) is 21.3. The Kier molecular flexibility index (Phi) is 6.30. The second-order valence-electron chi connectivity index (χ2n) is 10.8. The van der Waals surface area contributed by atoms with Crippen LogP contribution in [0.3, 0.4) is 0 Å². The number of fused-ring (bicyclic) bond motifs is 1. The Balaban J connectivity index is 1.35. The highest BCUT2D eigenvalue weighted by molar-refractivity contribution is 5.63. The third-order valence-electron chi connectivity index (χ3n) is 8.02. The monoisotopic (exact) mass is 517 g/mol. The summed E-state index contributed by atoms with van der Waals surface area (Å²) in [6, 6.07) is 7.60. The lowest BCUT2D eigenvalue weighted by molar-refractivity contribution is 0.173. The van der Waals surface area contributed by atoms with Crippen molar-refractivity contribution >= 4 is 5.52 Å². The van der Waals surface area contributed by atoms with Gasteiger partial charge in [-0.1, -0.05) is 11.6 Å².